The SMILES string of the molecule is CCCCCCCCCCCCCOC(=O)C(C)(C)C(=O)OCCC(C)C. The summed E-state index contributed by atoms with van der Waals surface area (Å²) in [6.07, 6.45) is 14.6. The predicted molar refractivity (Wildman–Crippen MR) is 112 cm³/mol. The van der Waals surface area contributed by atoms with E-state index in [1.54, 1.807) is 13.8 Å². The quantitative estimate of drug-likeness (QED) is 0.164. The zero-order valence-electron chi connectivity index (χ0n) is 18.6. The lowest BCUT2D eigenvalue weighted by molar-refractivity contribution is -0.170. The fourth-order valence-electron chi connectivity index (χ4n) is 2.76. The minimum absolute atomic E-state index is 0.353. The lowest BCUT2D eigenvalue weighted by Gasteiger charge is -2.21. The highest BCUT2D eigenvalue weighted by molar-refractivity contribution is 5.99. The van der Waals surface area contributed by atoms with Crippen molar-refractivity contribution in [3.05, 3.63) is 0 Å². The monoisotopic (exact) mass is 384 g/mol. The highest BCUT2D eigenvalue weighted by Crippen LogP contribution is 2.20. The van der Waals surface area contributed by atoms with Gasteiger partial charge in [-0.3, -0.25) is 9.59 Å². The van der Waals surface area contributed by atoms with Crippen molar-refractivity contribution in [2.24, 2.45) is 11.3 Å². The first-order valence-electron chi connectivity index (χ1n) is 11.2. The summed E-state index contributed by atoms with van der Waals surface area (Å²) in [5.74, 6) is -0.509. The summed E-state index contributed by atoms with van der Waals surface area (Å²) in [5.41, 5.74) is -1.23. The van der Waals surface area contributed by atoms with Crippen LogP contribution in [-0.4, -0.2) is 25.2 Å². The van der Waals surface area contributed by atoms with E-state index in [0.29, 0.717) is 19.1 Å². The van der Waals surface area contributed by atoms with E-state index < -0.39 is 17.4 Å². The van der Waals surface area contributed by atoms with Crippen molar-refractivity contribution in [3.63, 3.8) is 0 Å². The van der Waals surface area contributed by atoms with Gasteiger partial charge in [0.05, 0.1) is 13.2 Å². The molecule has 0 bridgehead atoms. The molecule has 0 rings (SSSR count). The van der Waals surface area contributed by atoms with Gasteiger partial charge < -0.3 is 9.47 Å². The molecule has 4 nitrogen and oxygen atoms in total. The zero-order valence-corrected chi connectivity index (χ0v) is 18.6. The van der Waals surface area contributed by atoms with Crippen LogP contribution in [0.15, 0.2) is 0 Å². The molecule has 160 valence electrons. The Hall–Kier alpha value is -1.06. The maximum atomic E-state index is 12.2. The van der Waals surface area contributed by atoms with E-state index >= 15 is 0 Å². The molecule has 0 N–H and O–H groups in total. The molecule has 0 aliphatic heterocycles. The van der Waals surface area contributed by atoms with E-state index in [1.165, 1.54) is 57.8 Å². The molecular formula is C23H44O4. The number of hydrogen-bond donors (Lipinski definition) is 0. The van der Waals surface area contributed by atoms with Gasteiger partial charge in [-0.25, -0.2) is 0 Å². The maximum absolute atomic E-state index is 12.2. The lowest BCUT2D eigenvalue weighted by atomic mass is 9.94. The summed E-state index contributed by atoms with van der Waals surface area (Å²) < 4.78 is 10.5. The molecule has 27 heavy (non-hydrogen) atoms. The molecule has 0 radical (unpaired) electrons. The van der Waals surface area contributed by atoms with E-state index in [1.807, 2.05) is 0 Å². The standard InChI is InChI=1S/C23H44O4/c1-6-7-8-9-10-11-12-13-14-15-16-18-26-21(24)23(4,5)22(25)27-19-17-20(2)3/h20H,6-19H2,1-5H3. The molecule has 0 heterocycles. The van der Waals surface area contributed by atoms with Crippen molar-refractivity contribution in [2.45, 2.75) is 112 Å². The second-order valence-corrected chi connectivity index (χ2v) is 8.61. The first-order chi connectivity index (χ1) is 12.8. The summed E-state index contributed by atoms with van der Waals surface area (Å²) in [6, 6.07) is 0. The van der Waals surface area contributed by atoms with Crippen molar-refractivity contribution in [1.29, 1.82) is 0 Å². The topological polar surface area (TPSA) is 52.6 Å². The third kappa shape index (κ3) is 13.7. The normalized spacial score (nSPS) is 11.6. The summed E-state index contributed by atoms with van der Waals surface area (Å²) in [6.45, 7) is 10.3. The first kappa shape index (κ1) is 25.9. The van der Waals surface area contributed by atoms with Crippen LogP contribution < -0.4 is 0 Å². The van der Waals surface area contributed by atoms with Crippen LogP contribution in [0.25, 0.3) is 0 Å². The Morgan fingerprint density at radius 3 is 1.56 bits per heavy atom. The number of rotatable bonds is 17. The Bertz CT molecular complexity index is 388. The molecule has 4 heteroatoms. The van der Waals surface area contributed by atoms with Gasteiger partial charge in [-0.15, -0.1) is 0 Å². The number of unbranched alkanes of at least 4 members (excludes halogenated alkanes) is 10. The van der Waals surface area contributed by atoms with Crippen molar-refractivity contribution in [2.75, 3.05) is 13.2 Å². The molecule has 0 amide bonds. The highest BCUT2D eigenvalue weighted by atomic mass is 16.6. The molecule has 0 fully saturated rings. The third-order valence-electron chi connectivity index (χ3n) is 4.93. The van der Waals surface area contributed by atoms with Crippen molar-refractivity contribution in [3.8, 4) is 0 Å². The van der Waals surface area contributed by atoms with Crippen molar-refractivity contribution < 1.29 is 19.1 Å². The molecule has 0 unspecified atom stereocenters. The van der Waals surface area contributed by atoms with Crippen LogP contribution in [0, 0.1) is 11.3 Å². The molecule has 0 aliphatic carbocycles. The van der Waals surface area contributed by atoms with Gasteiger partial charge in [-0.2, -0.15) is 0 Å². The zero-order chi connectivity index (χ0) is 20.5. The van der Waals surface area contributed by atoms with Crippen molar-refractivity contribution in [1.82, 2.24) is 0 Å². The Kier molecular flexibility index (Phi) is 15.3. The molecule has 0 aromatic carbocycles. The number of hydrogen-bond acceptors (Lipinski definition) is 4. The van der Waals surface area contributed by atoms with Crippen LogP contribution in [-0.2, 0) is 19.1 Å². The van der Waals surface area contributed by atoms with Gasteiger partial charge in [0.1, 0.15) is 0 Å². The summed E-state index contributed by atoms with van der Waals surface area (Å²) >= 11 is 0. The molecule has 0 aliphatic rings. The number of carbonyl (C=O) groups excluding carboxylic acids is 2. The van der Waals surface area contributed by atoms with Crippen LogP contribution in [0.2, 0.25) is 0 Å². The maximum Gasteiger partial charge on any atom is 0.322 e. The van der Waals surface area contributed by atoms with Crippen LogP contribution in [0.1, 0.15) is 112 Å². The average molecular weight is 385 g/mol. The van der Waals surface area contributed by atoms with E-state index in [4.69, 9.17) is 9.47 Å². The largest absolute Gasteiger partial charge is 0.465 e. The van der Waals surface area contributed by atoms with Crippen LogP contribution in [0.4, 0.5) is 0 Å². The van der Waals surface area contributed by atoms with Gasteiger partial charge >= 0.3 is 11.9 Å². The predicted octanol–water partition coefficient (Wildman–Crippen LogP) is 6.46. The fraction of sp³-hybridized carbons (Fsp3) is 0.913. The third-order valence-corrected chi connectivity index (χ3v) is 4.93. The van der Waals surface area contributed by atoms with Crippen LogP contribution in [0.3, 0.4) is 0 Å². The Balaban J connectivity index is 3.67. The minimum atomic E-state index is -1.23. The average Bonchev–Trinajstić information content (AvgIpc) is 2.61. The van der Waals surface area contributed by atoms with E-state index in [9.17, 15) is 9.59 Å². The van der Waals surface area contributed by atoms with Gasteiger partial charge in [-0.1, -0.05) is 85.0 Å². The second kappa shape index (κ2) is 15.9. The number of esters is 2. The molecular weight excluding hydrogens is 340 g/mol. The first-order valence-corrected chi connectivity index (χ1v) is 11.2. The van der Waals surface area contributed by atoms with E-state index in [2.05, 4.69) is 20.8 Å². The molecule has 0 spiro atoms. The molecule has 0 atom stereocenters. The summed E-state index contributed by atoms with van der Waals surface area (Å²) in [4.78, 5) is 24.2. The van der Waals surface area contributed by atoms with Gasteiger partial charge in [0, 0.05) is 0 Å². The molecule has 0 saturated heterocycles. The van der Waals surface area contributed by atoms with Gasteiger partial charge in [0.15, 0.2) is 5.41 Å². The lowest BCUT2D eigenvalue weighted by Crippen LogP contribution is -2.37. The summed E-state index contributed by atoms with van der Waals surface area (Å²) in [5, 5.41) is 0. The van der Waals surface area contributed by atoms with Crippen LogP contribution >= 0.6 is 0 Å². The smallest absolute Gasteiger partial charge is 0.322 e. The number of carbonyl (C=O) groups is 2. The van der Waals surface area contributed by atoms with Gasteiger partial charge in [-0.05, 0) is 32.6 Å². The van der Waals surface area contributed by atoms with Gasteiger partial charge in [0.25, 0.3) is 0 Å². The fourth-order valence-corrected chi connectivity index (χ4v) is 2.76. The Morgan fingerprint density at radius 2 is 1.11 bits per heavy atom. The Labute approximate surface area is 167 Å². The van der Waals surface area contributed by atoms with Gasteiger partial charge in [0.2, 0.25) is 0 Å². The Morgan fingerprint density at radius 1 is 0.704 bits per heavy atom. The number of ether oxygens (including phenoxy) is 2. The van der Waals surface area contributed by atoms with Crippen molar-refractivity contribution >= 4 is 11.9 Å². The molecule has 0 saturated carbocycles. The highest BCUT2D eigenvalue weighted by Gasteiger charge is 2.39. The van der Waals surface area contributed by atoms with E-state index in [-0.39, 0.29) is 0 Å². The summed E-state index contributed by atoms with van der Waals surface area (Å²) in [7, 11) is 0. The molecule has 0 aromatic heterocycles. The second-order valence-electron chi connectivity index (χ2n) is 8.61. The minimum Gasteiger partial charge on any atom is -0.465 e. The van der Waals surface area contributed by atoms with Crippen LogP contribution in [0.5, 0.6) is 0 Å². The van der Waals surface area contributed by atoms with E-state index in [0.717, 1.165) is 19.3 Å². The molecule has 0 aromatic rings.